The Bertz CT molecular complexity index is 343. The molecule has 1 fully saturated rings. The third kappa shape index (κ3) is 1.59. The van der Waals surface area contributed by atoms with Crippen molar-refractivity contribution in [1.82, 2.24) is 10.9 Å². The maximum atomic E-state index is 10.7. The average molecular weight is 199 g/mol. The fraction of sp³-hybridized carbons (Fsp3) is 0.125. The van der Waals surface area contributed by atoms with Crippen LogP contribution >= 0.6 is 11.6 Å². The Morgan fingerprint density at radius 1 is 1.38 bits per heavy atom. The summed E-state index contributed by atoms with van der Waals surface area (Å²) in [6.45, 7) is 0. The molecule has 1 amide bonds. The largest absolute Gasteiger partial charge is 0.423 e. The number of hydrazine groups is 1. The minimum atomic E-state index is -0.499. The molecule has 0 aliphatic carbocycles. The fourth-order valence-corrected chi connectivity index (χ4v) is 1.35. The van der Waals surface area contributed by atoms with Gasteiger partial charge in [0.15, 0.2) is 6.23 Å². The molecule has 1 aromatic rings. The number of amides is 1. The van der Waals surface area contributed by atoms with Gasteiger partial charge in [0.05, 0.1) is 0 Å². The number of hydrogen-bond acceptors (Lipinski definition) is 3. The molecule has 13 heavy (non-hydrogen) atoms. The molecule has 0 bridgehead atoms. The van der Waals surface area contributed by atoms with Crippen molar-refractivity contribution in [1.29, 1.82) is 0 Å². The number of carbonyl (C=O) groups is 1. The zero-order valence-electron chi connectivity index (χ0n) is 6.58. The molecular weight excluding hydrogens is 192 g/mol. The summed E-state index contributed by atoms with van der Waals surface area (Å²) in [6.07, 6.45) is -0.994. The van der Waals surface area contributed by atoms with Crippen LogP contribution in [0.4, 0.5) is 4.79 Å². The number of ether oxygens (including phenoxy) is 1. The Hall–Kier alpha value is -1.26. The van der Waals surface area contributed by atoms with E-state index in [1.165, 1.54) is 0 Å². The molecule has 1 atom stereocenters. The van der Waals surface area contributed by atoms with E-state index >= 15 is 0 Å². The van der Waals surface area contributed by atoms with Gasteiger partial charge in [-0.25, -0.2) is 4.79 Å². The van der Waals surface area contributed by atoms with Crippen LogP contribution in [0.2, 0.25) is 5.02 Å². The Morgan fingerprint density at radius 2 is 2.15 bits per heavy atom. The molecule has 0 saturated carbocycles. The smallest absolute Gasteiger partial charge is 0.423 e. The number of carbonyl (C=O) groups excluding carboxylic acids is 1. The van der Waals surface area contributed by atoms with Gasteiger partial charge in [0.25, 0.3) is 0 Å². The monoisotopic (exact) mass is 198 g/mol. The zero-order valence-corrected chi connectivity index (χ0v) is 7.34. The standard InChI is InChI=1S/C8H7ClN2O2/c9-6-4-2-1-3-5(6)7-10-11-8(12)13-7/h1-4,7,10H,(H,11,12). The first-order valence-electron chi connectivity index (χ1n) is 3.74. The van der Waals surface area contributed by atoms with Crippen molar-refractivity contribution >= 4 is 17.7 Å². The van der Waals surface area contributed by atoms with Gasteiger partial charge in [0.1, 0.15) is 0 Å². The Morgan fingerprint density at radius 3 is 2.77 bits per heavy atom. The highest BCUT2D eigenvalue weighted by Crippen LogP contribution is 2.24. The number of hydrogen-bond donors (Lipinski definition) is 2. The van der Waals surface area contributed by atoms with Crippen molar-refractivity contribution in [2.24, 2.45) is 0 Å². The molecule has 0 radical (unpaired) electrons. The summed E-state index contributed by atoms with van der Waals surface area (Å²) in [7, 11) is 0. The molecule has 2 N–H and O–H groups in total. The van der Waals surface area contributed by atoms with E-state index < -0.39 is 12.3 Å². The SMILES string of the molecule is O=C1NNC(c2ccccc2Cl)O1. The number of benzene rings is 1. The molecule has 68 valence electrons. The topological polar surface area (TPSA) is 50.4 Å². The number of halogens is 1. The average Bonchev–Trinajstić information content (AvgIpc) is 2.53. The first-order chi connectivity index (χ1) is 6.27. The summed E-state index contributed by atoms with van der Waals surface area (Å²) < 4.78 is 4.88. The van der Waals surface area contributed by atoms with Crippen LogP contribution in [-0.4, -0.2) is 6.09 Å². The van der Waals surface area contributed by atoms with Gasteiger partial charge in [-0.15, -0.1) is 0 Å². The minimum Gasteiger partial charge on any atom is -0.423 e. The molecule has 0 spiro atoms. The molecule has 1 aromatic carbocycles. The van der Waals surface area contributed by atoms with Crippen LogP contribution in [0.3, 0.4) is 0 Å². The quantitative estimate of drug-likeness (QED) is 0.721. The Labute approximate surface area is 79.8 Å². The van der Waals surface area contributed by atoms with E-state index in [1.807, 2.05) is 12.1 Å². The summed E-state index contributed by atoms with van der Waals surface area (Å²) in [5, 5.41) is 0.566. The summed E-state index contributed by atoms with van der Waals surface area (Å²) in [5.74, 6) is 0. The van der Waals surface area contributed by atoms with Gasteiger partial charge >= 0.3 is 6.09 Å². The van der Waals surface area contributed by atoms with Gasteiger partial charge in [0, 0.05) is 10.6 Å². The Kier molecular flexibility index (Phi) is 2.08. The van der Waals surface area contributed by atoms with E-state index in [0.29, 0.717) is 5.02 Å². The van der Waals surface area contributed by atoms with Crippen LogP contribution in [0.5, 0.6) is 0 Å². The summed E-state index contributed by atoms with van der Waals surface area (Å²) in [4.78, 5) is 10.7. The molecule has 1 aliphatic rings. The van der Waals surface area contributed by atoms with Crippen LogP contribution in [0, 0.1) is 0 Å². The van der Waals surface area contributed by atoms with Crippen molar-refractivity contribution in [3.63, 3.8) is 0 Å². The lowest BCUT2D eigenvalue weighted by Gasteiger charge is -2.09. The molecule has 1 heterocycles. The number of nitrogens with one attached hydrogen (secondary N) is 2. The zero-order chi connectivity index (χ0) is 9.26. The highest BCUT2D eigenvalue weighted by molar-refractivity contribution is 6.31. The van der Waals surface area contributed by atoms with E-state index in [1.54, 1.807) is 12.1 Å². The summed E-state index contributed by atoms with van der Waals surface area (Å²) in [6, 6.07) is 7.18. The normalized spacial score (nSPS) is 21.0. The van der Waals surface area contributed by atoms with E-state index in [9.17, 15) is 4.79 Å². The maximum absolute atomic E-state index is 10.7. The second kappa shape index (κ2) is 3.24. The lowest BCUT2D eigenvalue weighted by Crippen LogP contribution is -2.26. The van der Waals surface area contributed by atoms with E-state index in [0.717, 1.165) is 5.56 Å². The van der Waals surface area contributed by atoms with Crippen molar-refractivity contribution in [3.8, 4) is 0 Å². The molecular formula is C8H7ClN2O2. The van der Waals surface area contributed by atoms with E-state index in [-0.39, 0.29) is 0 Å². The van der Waals surface area contributed by atoms with Crippen LogP contribution < -0.4 is 10.9 Å². The van der Waals surface area contributed by atoms with E-state index in [4.69, 9.17) is 16.3 Å². The maximum Gasteiger partial charge on any atom is 0.423 e. The highest BCUT2D eigenvalue weighted by Gasteiger charge is 2.24. The van der Waals surface area contributed by atoms with Crippen LogP contribution in [-0.2, 0) is 4.74 Å². The van der Waals surface area contributed by atoms with Gasteiger partial charge < -0.3 is 4.74 Å². The van der Waals surface area contributed by atoms with E-state index in [2.05, 4.69) is 10.9 Å². The second-order valence-corrected chi connectivity index (χ2v) is 2.98. The molecule has 0 aromatic heterocycles. The van der Waals surface area contributed by atoms with Crippen molar-refractivity contribution in [2.45, 2.75) is 6.23 Å². The van der Waals surface area contributed by atoms with Gasteiger partial charge in [-0.05, 0) is 6.07 Å². The lowest BCUT2D eigenvalue weighted by atomic mass is 10.2. The number of rotatable bonds is 1. The van der Waals surface area contributed by atoms with Gasteiger partial charge in [-0.2, -0.15) is 5.43 Å². The Balaban J connectivity index is 2.26. The lowest BCUT2D eigenvalue weighted by molar-refractivity contribution is 0.130. The number of cyclic esters (lactones) is 1. The predicted molar refractivity (Wildman–Crippen MR) is 46.9 cm³/mol. The second-order valence-electron chi connectivity index (χ2n) is 2.58. The van der Waals surface area contributed by atoms with Crippen LogP contribution in [0.15, 0.2) is 24.3 Å². The molecule has 5 heteroatoms. The first kappa shape index (κ1) is 8.34. The minimum absolute atomic E-state index is 0.495. The molecule has 2 rings (SSSR count). The molecule has 4 nitrogen and oxygen atoms in total. The third-order valence-electron chi connectivity index (χ3n) is 1.72. The molecule has 1 saturated heterocycles. The van der Waals surface area contributed by atoms with Gasteiger partial charge in [0.2, 0.25) is 0 Å². The van der Waals surface area contributed by atoms with Crippen molar-refractivity contribution in [3.05, 3.63) is 34.9 Å². The van der Waals surface area contributed by atoms with Crippen LogP contribution in [0.25, 0.3) is 0 Å². The predicted octanol–water partition coefficient (Wildman–Crippen LogP) is 1.58. The fourth-order valence-electron chi connectivity index (χ4n) is 1.12. The highest BCUT2D eigenvalue weighted by atomic mass is 35.5. The summed E-state index contributed by atoms with van der Waals surface area (Å²) in [5.41, 5.74) is 5.72. The first-order valence-corrected chi connectivity index (χ1v) is 4.12. The molecule has 1 aliphatic heterocycles. The van der Waals surface area contributed by atoms with Crippen LogP contribution in [0.1, 0.15) is 11.8 Å². The van der Waals surface area contributed by atoms with Crippen molar-refractivity contribution < 1.29 is 9.53 Å². The summed E-state index contributed by atoms with van der Waals surface area (Å²) >= 11 is 5.89. The van der Waals surface area contributed by atoms with Gasteiger partial charge in [-0.3, -0.25) is 5.43 Å². The van der Waals surface area contributed by atoms with Gasteiger partial charge in [-0.1, -0.05) is 29.8 Å². The van der Waals surface area contributed by atoms with Crippen molar-refractivity contribution in [2.75, 3.05) is 0 Å². The molecule has 1 unspecified atom stereocenters. The third-order valence-corrected chi connectivity index (χ3v) is 2.06.